The van der Waals surface area contributed by atoms with Crippen molar-refractivity contribution in [3.63, 3.8) is 0 Å². The van der Waals surface area contributed by atoms with Gasteiger partial charge >= 0.3 is 0 Å². The van der Waals surface area contributed by atoms with Crippen LogP contribution in [0.5, 0.6) is 0 Å². The lowest BCUT2D eigenvalue weighted by Gasteiger charge is -2.36. The van der Waals surface area contributed by atoms with Gasteiger partial charge in [0.15, 0.2) is 5.96 Å². The first-order valence-corrected chi connectivity index (χ1v) is 11.3. The molecule has 0 atom stereocenters. The lowest BCUT2D eigenvalue weighted by molar-refractivity contribution is -0.122. The molecule has 158 valence electrons. The third-order valence-electron chi connectivity index (χ3n) is 6.14. The number of halogens is 1. The van der Waals surface area contributed by atoms with E-state index in [2.05, 4.69) is 39.5 Å². The van der Waals surface area contributed by atoms with E-state index in [1.165, 1.54) is 18.4 Å². The number of hydrogen-bond donors (Lipinski definition) is 2. The van der Waals surface area contributed by atoms with Gasteiger partial charge in [0.25, 0.3) is 0 Å². The molecule has 0 aromatic heterocycles. The second-order valence-corrected chi connectivity index (χ2v) is 9.00. The lowest BCUT2D eigenvalue weighted by atomic mass is 9.96. The minimum absolute atomic E-state index is 0.147. The van der Waals surface area contributed by atoms with Gasteiger partial charge in [-0.05, 0) is 50.3 Å². The van der Waals surface area contributed by atoms with Crippen molar-refractivity contribution in [3.05, 3.63) is 34.9 Å². The van der Waals surface area contributed by atoms with Crippen molar-refractivity contribution in [2.24, 2.45) is 4.99 Å². The number of nitrogens with one attached hydrogen (secondary N) is 2. The van der Waals surface area contributed by atoms with Gasteiger partial charge in [-0.25, -0.2) is 0 Å². The van der Waals surface area contributed by atoms with Crippen LogP contribution in [0.15, 0.2) is 29.3 Å². The number of nitrogens with zero attached hydrogens (tertiary/aromatic N) is 3. The Morgan fingerprint density at radius 3 is 2.62 bits per heavy atom. The van der Waals surface area contributed by atoms with Crippen LogP contribution >= 0.6 is 11.6 Å². The Morgan fingerprint density at radius 1 is 1.24 bits per heavy atom. The van der Waals surface area contributed by atoms with Gasteiger partial charge < -0.3 is 15.5 Å². The van der Waals surface area contributed by atoms with Gasteiger partial charge in [0.05, 0.1) is 13.1 Å². The van der Waals surface area contributed by atoms with Crippen LogP contribution in [-0.4, -0.2) is 73.5 Å². The molecule has 1 saturated heterocycles. The van der Waals surface area contributed by atoms with Gasteiger partial charge in [-0.1, -0.05) is 23.7 Å². The molecule has 4 rings (SSSR count). The predicted octanol–water partition coefficient (Wildman–Crippen LogP) is 2.23. The zero-order chi connectivity index (χ0) is 20.3. The Labute approximate surface area is 178 Å². The number of carbonyl (C=O) groups is 1. The quantitative estimate of drug-likeness (QED) is 0.527. The Balaban J connectivity index is 1.32. The van der Waals surface area contributed by atoms with Gasteiger partial charge in [0.1, 0.15) is 0 Å². The summed E-state index contributed by atoms with van der Waals surface area (Å²) in [5.41, 5.74) is 1.45. The van der Waals surface area contributed by atoms with Crippen molar-refractivity contribution in [2.45, 2.75) is 44.1 Å². The number of hydrogen-bond acceptors (Lipinski definition) is 3. The molecule has 1 aliphatic heterocycles. The molecule has 1 amide bonds. The van der Waals surface area contributed by atoms with E-state index >= 15 is 0 Å². The van der Waals surface area contributed by atoms with Gasteiger partial charge in [0.2, 0.25) is 5.91 Å². The van der Waals surface area contributed by atoms with Crippen LogP contribution in [0.3, 0.4) is 0 Å². The zero-order valence-corrected chi connectivity index (χ0v) is 18.0. The Bertz CT molecular complexity index is 751. The molecule has 6 nitrogen and oxygen atoms in total. The van der Waals surface area contributed by atoms with Crippen molar-refractivity contribution < 1.29 is 4.79 Å². The summed E-state index contributed by atoms with van der Waals surface area (Å²) in [6.45, 7) is 7.84. The summed E-state index contributed by atoms with van der Waals surface area (Å²) in [6, 6.07) is 8.66. The van der Waals surface area contributed by atoms with Crippen molar-refractivity contribution in [2.75, 3.05) is 45.8 Å². The lowest BCUT2D eigenvalue weighted by Crippen LogP contribution is -2.54. The fourth-order valence-corrected chi connectivity index (χ4v) is 4.17. The summed E-state index contributed by atoms with van der Waals surface area (Å²) >= 11 is 6.20. The topological polar surface area (TPSA) is 60.0 Å². The number of rotatable bonds is 7. The maximum absolute atomic E-state index is 12.0. The van der Waals surface area contributed by atoms with Crippen molar-refractivity contribution in [1.82, 2.24) is 20.4 Å². The Morgan fingerprint density at radius 2 is 2.00 bits per heavy atom. The van der Waals surface area contributed by atoms with E-state index in [1.54, 1.807) is 0 Å². The van der Waals surface area contributed by atoms with Crippen LogP contribution in [0.4, 0.5) is 0 Å². The van der Waals surface area contributed by atoms with E-state index in [9.17, 15) is 4.79 Å². The predicted molar refractivity (Wildman–Crippen MR) is 118 cm³/mol. The molecule has 7 heteroatoms. The average Bonchev–Trinajstić information content (AvgIpc) is 3.63. The van der Waals surface area contributed by atoms with Crippen molar-refractivity contribution >= 4 is 23.5 Å². The third kappa shape index (κ3) is 5.43. The standard InChI is InChI=1S/C22H32ClN5O/c1-2-24-21(25-16-22(8-9-22)17-4-3-5-18(23)14-17)28-12-10-27(11-13-28)15-20(29)26-19-6-7-19/h3-5,14,19H,2,6-13,15-16H2,1H3,(H,24,25)(H,26,29). The van der Waals surface area contributed by atoms with Gasteiger partial charge in [-0.15, -0.1) is 0 Å². The smallest absolute Gasteiger partial charge is 0.234 e. The normalized spacial score (nSPS) is 21.7. The van der Waals surface area contributed by atoms with E-state index in [0.29, 0.717) is 12.6 Å². The highest BCUT2D eigenvalue weighted by Crippen LogP contribution is 2.48. The summed E-state index contributed by atoms with van der Waals surface area (Å²) < 4.78 is 0. The molecule has 3 aliphatic rings. The molecule has 0 unspecified atom stereocenters. The minimum atomic E-state index is 0.147. The number of carbonyl (C=O) groups excluding carboxylic acids is 1. The third-order valence-corrected chi connectivity index (χ3v) is 6.37. The van der Waals surface area contributed by atoms with Crippen LogP contribution in [0.2, 0.25) is 5.02 Å². The molecule has 0 bridgehead atoms. The summed E-state index contributed by atoms with van der Waals surface area (Å²) in [7, 11) is 0. The molecule has 1 heterocycles. The number of amides is 1. The van der Waals surface area contributed by atoms with E-state index in [0.717, 1.165) is 63.1 Å². The number of piperazine rings is 1. The van der Waals surface area contributed by atoms with Gasteiger partial charge in [-0.3, -0.25) is 14.7 Å². The first-order chi connectivity index (χ1) is 14.1. The van der Waals surface area contributed by atoms with Crippen LogP contribution in [0.25, 0.3) is 0 Å². The van der Waals surface area contributed by atoms with E-state index in [1.807, 2.05) is 12.1 Å². The maximum Gasteiger partial charge on any atom is 0.234 e. The first kappa shape index (κ1) is 20.5. The average molecular weight is 418 g/mol. The van der Waals surface area contributed by atoms with Crippen LogP contribution in [0.1, 0.15) is 38.2 Å². The molecule has 2 aliphatic carbocycles. The van der Waals surface area contributed by atoms with E-state index in [4.69, 9.17) is 16.6 Å². The molecule has 29 heavy (non-hydrogen) atoms. The monoisotopic (exact) mass is 417 g/mol. The molecule has 1 aromatic rings. The first-order valence-electron chi connectivity index (χ1n) is 10.9. The summed E-state index contributed by atoms with van der Waals surface area (Å²) in [5, 5.41) is 7.33. The fraction of sp³-hybridized carbons (Fsp3) is 0.636. The molecule has 2 saturated carbocycles. The maximum atomic E-state index is 12.0. The molecular formula is C22H32ClN5O. The highest BCUT2D eigenvalue weighted by Gasteiger charge is 2.44. The molecular weight excluding hydrogens is 386 g/mol. The molecule has 2 N–H and O–H groups in total. The zero-order valence-electron chi connectivity index (χ0n) is 17.3. The SMILES string of the molecule is CCNC(=NCC1(c2cccc(Cl)c2)CC1)N1CCN(CC(=O)NC2CC2)CC1. The second-order valence-electron chi connectivity index (χ2n) is 8.57. The van der Waals surface area contributed by atoms with Crippen molar-refractivity contribution in [1.29, 1.82) is 0 Å². The van der Waals surface area contributed by atoms with Gasteiger partial charge in [0, 0.05) is 49.2 Å². The summed E-state index contributed by atoms with van der Waals surface area (Å²) in [5.74, 6) is 1.15. The van der Waals surface area contributed by atoms with E-state index < -0.39 is 0 Å². The molecule has 0 spiro atoms. The van der Waals surface area contributed by atoms with Crippen LogP contribution in [0, 0.1) is 0 Å². The summed E-state index contributed by atoms with van der Waals surface area (Å²) in [6.07, 6.45) is 4.61. The minimum Gasteiger partial charge on any atom is -0.357 e. The highest BCUT2D eigenvalue weighted by atomic mass is 35.5. The highest BCUT2D eigenvalue weighted by molar-refractivity contribution is 6.30. The molecule has 3 fully saturated rings. The fourth-order valence-electron chi connectivity index (χ4n) is 3.98. The van der Waals surface area contributed by atoms with Crippen LogP contribution < -0.4 is 10.6 Å². The van der Waals surface area contributed by atoms with E-state index in [-0.39, 0.29) is 11.3 Å². The van der Waals surface area contributed by atoms with Gasteiger partial charge in [-0.2, -0.15) is 0 Å². The number of aliphatic imine (C=N–C) groups is 1. The number of benzene rings is 1. The van der Waals surface area contributed by atoms with Crippen molar-refractivity contribution in [3.8, 4) is 0 Å². The largest absolute Gasteiger partial charge is 0.357 e. The summed E-state index contributed by atoms with van der Waals surface area (Å²) in [4.78, 5) is 21.6. The van der Waals surface area contributed by atoms with Crippen LogP contribution in [-0.2, 0) is 10.2 Å². The Kier molecular flexibility index (Phi) is 6.30. The number of guanidine groups is 1. The Hall–Kier alpha value is -1.79. The molecule has 0 radical (unpaired) electrons. The molecule has 1 aromatic carbocycles. The second kappa shape index (κ2) is 8.92.